The quantitative estimate of drug-likeness (QED) is 0.621. The lowest BCUT2D eigenvalue weighted by Gasteiger charge is -2.05. The molecule has 2 aliphatic rings. The van der Waals surface area contributed by atoms with Gasteiger partial charge in [0.05, 0.1) is 17.2 Å². The highest BCUT2D eigenvalue weighted by Gasteiger charge is 2.12. The van der Waals surface area contributed by atoms with Crippen molar-refractivity contribution in [3.8, 4) is 11.1 Å². The fourth-order valence-corrected chi connectivity index (χ4v) is 2.67. The van der Waals surface area contributed by atoms with Crippen LogP contribution in [-0.2, 0) is 0 Å². The van der Waals surface area contributed by atoms with Gasteiger partial charge in [0, 0.05) is 30.1 Å². The summed E-state index contributed by atoms with van der Waals surface area (Å²) in [6.45, 7) is 2.05. The number of rotatable bonds is 1. The smallest absolute Gasteiger partial charge is 0.127 e. The molecule has 4 nitrogen and oxygen atoms in total. The number of hydrogen-bond donors (Lipinski definition) is 0. The molecule has 0 radical (unpaired) electrons. The van der Waals surface area contributed by atoms with Crippen LogP contribution < -0.4 is 10.7 Å². The number of para-hydroxylation sites is 1. The molecule has 1 fully saturated rings. The largest absolute Gasteiger partial charge is 0.289 e. The van der Waals surface area contributed by atoms with Crippen LogP contribution in [0.5, 0.6) is 0 Å². The van der Waals surface area contributed by atoms with Crippen LogP contribution in [-0.4, -0.2) is 29.0 Å². The van der Waals surface area contributed by atoms with E-state index in [0.29, 0.717) is 0 Å². The Bertz CT molecular complexity index is 813. The Kier molecular flexibility index (Phi) is 2.61. The lowest BCUT2D eigenvalue weighted by molar-refractivity contribution is 0.363. The Morgan fingerprint density at radius 2 is 1.95 bits per heavy atom. The molecule has 4 rings (SSSR count). The van der Waals surface area contributed by atoms with Gasteiger partial charge in [0.25, 0.3) is 0 Å². The fourth-order valence-electron chi connectivity index (χ4n) is 2.67. The van der Waals surface area contributed by atoms with Gasteiger partial charge in [0.15, 0.2) is 0 Å². The topological polar surface area (TPSA) is 40.9 Å². The summed E-state index contributed by atoms with van der Waals surface area (Å²) in [6, 6.07) is 10.2. The monoisotopic (exact) mass is 262 g/mol. The van der Waals surface area contributed by atoms with Gasteiger partial charge in [0.2, 0.25) is 0 Å². The average Bonchev–Trinajstić information content (AvgIpc) is 3.12. The number of hydrogen-bond acceptors (Lipinski definition) is 4. The molecule has 2 aliphatic heterocycles. The van der Waals surface area contributed by atoms with E-state index in [2.05, 4.69) is 27.0 Å². The lowest BCUT2D eigenvalue weighted by atomic mass is 10.1. The van der Waals surface area contributed by atoms with Gasteiger partial charge >= 0.3 is 0 Å². The van der Waals surface area contributed by atoms with Crippen molar-refractivity contribution in [1.82, 2.24) is 9.99 Å². The van der Waals surface area contributed by atoms with E-state index in [1.807, 2.05) is 29.3 Å². The van der Waals surface area contributed by atoms with Crippen molar-refractivity contribution in [3.63, 3.8) is 0 Å². The van der Waals surface area contributed by atoms with Crippen LogP contribution in [0.2, 0.25) is 0 Å². The summed E-state index contributed by atoms with van der Waals surface area (Å²) in [4.78, 5) is 8.93. The predicted molar refractivity (Wildman–Crippen MR) is 77.5 cm³/mol. The molecule has 0 amide bonds. The van der Waals surface area contributed by atoms with E-state index in [1.54, 1.807) is 6.20 Å². The van der Waals surface area contributed by atoms with E-state index in [-0.39, 0.29) is 0 Å². The Hall–Kier alpha value is -2.45. The lowest BCUT2D eigenvalue weighted by Crippen LogP contribution is -2.17. The van der Waals surface area contributed by atoms with E-state index in [0.717, 1.165) is 40.6 Å². The first-order chi connectivity index (χ1) is 9.90. The number of benzene rings is 1. The summed E-state index contributed by atoms with van der Waals surface area (Å²) >= 11 is 0. The number of nitrogens with zero attached hydrogens (tertiary/aromatic N) is 4. The number of fused-ring (bicyclic) bond motifs is 3. The first-order valence-corrected chi connectivity index (χ1v) is 6.93. The summed E-state index contributed by atoms with van der Waals surface area (Å²) in [5, 5.41) is 8.11. The molecule has 0 saturated carbocycles. The van der Waals surface area contributed by atoms with Gasteiger partial charge in [-0.2, -0.15) is 0 Å². The maximum Gasteiger partial charge on any atom is 0.127 e. The molecule has 2 aromatic rings. The van der Waals surface area contributed by atoms with Crippen molar-refractivity contribution in [2.45, 2.75) is 12.8 Å². The molecule has 4 heteroatoms. The SMILES string of the molecule is C(=NN1CCCC1)=c1cc2c(cn1)=Nc1ccccc1-2. The standard InChI is InChI=1S/C16H14N4/c1-2-6-15-13(5-1)14-9-12(17-11-16(14)19-15)10-18-20-7-3-4-8-20/h1-2,5-6,9,11H,3-4,7-8H2. The van der Waals surface area contributed by atoms with E-state index < -0.39 is 0 Å². The van der Waals surface area contributed by atoms with Gasteiger partial charge in [0.1, 0.15) is 5.35 Å². The second-order valence-corrected chi connectivity index (χ2v) is 5.09. The second kappa shape index (κ2) is 4.58. The molecule has 20 heavy (non-hydrogen) atoms. The van der Waals surface area contributed by atoms with Crippen molar-refractivity contribution in [3.05, 3.63) is 47.2 Å². The highest BCUT2D eigenvalue weighted by atomic mass is 15.4. The number of hydrazone groups is 1. The Morgan fingerprint density at radius 1 is 1.10 bits per heavy atom. The molecule has 0 bridgehead atoms. The molecule has 0 N–H and O–H groups in total. The van der Waals surface area contributed by atoms with E-state index in [4.69, 9.17) is 0 Å². The Labute approximate surface area is 116 Å². The molecular formula is C16H14N4. The summed E-state index contributed by atoms with van der Waals surface area (Å²) in [5.74, 6) is 3.05. The summed E-state index contributed by atoms with van der Waals surface area (Å²) in [7, 11) is 0. The fraction of sp³-hybridized carbons (Fsp3) is 0.250. The van der Waals surface area contributed by atoms with Gasteiger partial charge in [-0.3, -0.25) is 5.01 Å². The van der Waals surface area contributed by atoms with E-state index in [9.17, 15) is 0 Å². The van der Waals surface area contributed by atoms with Crippen molar-refractivity contribution in [2.75, 3.05) is 13.1 Å². The molecule has 1 aromatic carbocycles. The minimum atomic E-state index is 0.766. The highest BCUT2D eigenvalue weighted by molar-refractivity contribution is 5.79. The average molecular weight is 262 g/mol. The van der Waals surface area contributed by atoms with E-state index in [1.165, 1.54) is 12.8 Å². The van der Waals surface area contributed by atoms with Crippen LogP contribution in [0.3, 0.4) is 0 Å². The van der Waals surface area contributed by atoms with Crippen LogP contribution in [0.25, 0.3) is 11.1 Å². The van der Waals surface area contributed by atoms with E-state index >= 15 is 0 Å². The zero-order chi connectivity index (χ0) is 13.4. The third-order valence-corrected chi connectivity index (χ3v) is 3.71. The highest BCUT2D eigenvalue weighted by Crippen LogP contribution is 2.30. The van der Waals surface area contributed by atoms with Crippen molar-refractivity contribution in [2.24, 2.45) is 10.1 Å². The molecule has 1 aromatic heterocycles. The van der Waals surface area contributed by atoms with Crippen LogP contribution in [0, 0.1) is 0 Å². The van der Waals surface area contributed by atoms with Crippen LogP contribution in [0.4, 0.5) is 5.69 Å². The molecule has 0 unspecified atom stereocenters. The Morgan fingerprint density at radius 3 is 2.85 bits per heavy atom. The third kappa shape index (κ3) is 1.91. The molecule has 0 aliphatic carbocycles. The third-order valence-electron chi connectivity index (χ3n) is 3.71. The van der Waals surface area contributed by atoms with Crippen LogP contribution in [0.1, 0.15) is 12.8 Å². The van der Waals surface area contributed by atoms with Crippen molar-refractivity contribution < 1.29 is 0 Å². The van der Waals surface area contributed by atoms with Crippen molar-refractivity contribution in [1.29, 1.82) is 0 Å². The number of aromatic nitrogens is 1. The normalized spacial score (nSPS) is 15.3. The van der Waals surface area contributed by atoms with Crippen molar-refractivity contribution >= 4 is 11.6 Å². The summed E-state index contributed by atoms with van der Waals surface area (Å²) in [5.41, 5.74) is 3.29. The zero-order valence-electron chi connectivity index (χ0n) is 11.1. The molecule has 3 heterocycles. The summed E-state index contributed by atoms with van der Waals surface area (Å²) in [6.07, 6.45) is 4.24. The predicted octanol–water partition coefficient (Wildman–Crippen LogP) is 1.37. The molecule has 98 valence electrons. The Balaban J connectivity index is 1.81. The second-order valence-electron chi connectivity index (χ2n) is 5.09. The molecular weight excluding hydrogens is 248 g/mol. The molecule has 1 saturated heterocycles. The van der Waals surface area contributed by atoms with Gasteiger partial charge in [-0.15, -0.1) is 5.10 Å². The van der Waals surface area contributed by atoms with Gasteiger partial charge < -0.3 is 0 Å². The maximum atomic E-state index is 4.56. The molecule has 0 spiro atoms. The van der Waals surface area contributed by atoms with Crippen LogP contribution >= 0.6 is 0 Å². The summed E-state index contributed by atoms with van der Waals surface area (Å²) < 4.78 is 0. The first-order valence-electron chi connectivity index (χ1n) is 6.93. The molecule has 0 atom stereocenters. The number of pyridine rings is 1. The maximum absolute atomic E-state index is 4.56. The van der Waals surface area contributed by atoms with Crippen LogP contribution in [0.15, 0.2) is 46.6 Å². The van der Waals surface area contributed by atoms with Gasteiger partial charge in [-0.05, 0) is 25.0 Å². The van der Waals surface area contributed by atoms with Gasteiger partial charge in [-0.1, -0.05) is 18.2 Å². The van der Waals surface area contributed by atoms with Gasteiger partial charge in [-0.25, -0.2) is 9.98 Å². The first kappa shape index (κ1) is 11.4. The zero-order valence-corrected chi connectivity index (χ0v) is 11.1. The minimum absolute atomic E-state index is 0.766. The minimum Gasteiger partial charge on any atom is -0.289 e.